The lowest BCUT2D eigenvalue weighted by Crippen LogP contribution is -2.32. The molecule has 0 radical (unpaired) electrons. The van der Waals surface area contributed by atoms with Crippen molar-refractivity contribution in [2.75, 3.05) is 6.61 Å². The lowest BCUT2D eigenvalue weighted by molar-refractivity contribution is -0.236. The van der Waals surface area contributed by atoms with Gasteiger partial charge >= 0.3 is 0 Å². The van der Waals surface area contributed by atoms with E-state index >= 15 is 0 Å². The predicted molar refractivity (Wildman–Crippen MR) is 113 cm³/mol. The maximum Gasteiger partial charge on any atom is 0.127 e. The van der Waals surface area contributed by atoms with E-state index in [1.165, 1.54) is 22.3 Å². The highest BCUT2D eigenvalue weighted by atomic mass is 35.5. The van der Waals surface area contributed by atoms with Gasteiger partial charge in [0, 0.05) is 0 Å². The van der Waals surface area contributed by atoms with Crippen molar-refractivity contribution in [3.8, 4) is 22.3 Å². The van der Waals surface area contributed by atoms with Gasteiger partial charge in [0.15, 0.2) is 0 Å². The second-order valence-corrected chi connectivity index (χ2v) is 6.24. The molecule has 1 N–H and O–H groups in total. The molecule has 0 saturated carbocycles. The predicted octanol–water partition coefficient (Wildman–Crippen LogP) is 5.53. The molecule has 3 aromatic rings. The number of hydroxylamine groups is 2. The van der Waals surface area contributed by atoms with Crippen LogP contribution in [0.15, 0.2) is 78.9 Å². The summed E-state index contributed by atoms with van der Waals surface area (Å²) in [6.45, 7) is 4.69. The molecule has 0 spiro atoms. The summed E-state index contributed by atoms with van der Waals surface area (Å²) >= 11 is 0. The molecular formula is C23H26ClNO2. The first-order valence-electron chi connectivity index (χ1n) is 9.00. The van der Waals surface area contributed by atoms with Gasteiger partial charge in [0.25, 0.3) is 0 Å². The fourth-order valence-corrected chi connectivity index (χ4v) is 3.05. The van der Waals surface area contributed by atoms with Gasteiger partial charge in [0.05, 0.1) is 13.2 Å². The summed E-state index contributed by atoms with van der Waals surface area (Å²) in [6.07, 6.45) is -0.663. The van der Waals surface area contributed by atoms with Gasteiger partial charge < -0.3 is 5.11 Å². The number of aliphatic hydroxyl groups excluding tert-OH is 1. The van der Waals surface area contributed by atoms with Crippen LogP contribution in [0.4, 0.5) is 0 Å². The molecule has 1 unspecified atom stereocenters. The quantitative estimate of drug-likeness (QED) is 0.430. The van der Waals surface area contributed by atoms with E-state index in [1.807, 2.05) is 19.1 Å². The highest BCUT2D eigenvalue weighted by Gasteiger charge is 2.14. The smallest absolute Gasteiger partial charge is 0.127 e. The Bertz CT molecular complexity index is 822. The summed E-state index contributed by atoms with van der Waals surface area (Å²) in [7, 11) is 0. The first-order valence-corrected chi connectivity index (χ1v) is 9.00. The standard InChI is InChI=1S/C23H25NO2.ClH/c1-3-26-24(18(2)25)17-19-14-15-22(20-10-6-4-7-11-20)23(16-19)21-12-8-5-9-13-21;/h4-16,18,25H,3,17H2,1-2H3;1H. The molecule has 3 aromatic carbocycles. The lowest BCUT2D eigenvalue weighted by atomic mass is 9.93. The van der Waals surface area contributed by atoms with Crippen molar-refractivity contribution < 1.29 is 9.94 Å². The average Bonchev–Trinajstić information content (AvgIpc) is 2.69. The zero-order valence-corrected chi connectivity index (χ0v) is 16.5. The monoisotopic (exact) mass is 383 g/mol. The third-order valence-electron chi connectivity index (χ3n) is 4.30. The van der Waals surface area contributed by atoms with E-state index in [0.29, 0.717) is 13.2 Å². The third-order valence-corrected chi connectivity index (χ3v) is 4.30. The van der Waals surface area contributed by atoms with E-state index in [1.54, 1.807) is 12.0 Å². The van der Waals surface area contributed by atoms with Crippen LogP contribution in [0.2, 0.25) is 0 Å². The summed E-state index contributed by atoms with van der Waals surface area (Å²) in [6, 6.07) is 27.2. The number of benzene rings is 3. The van der Waals surface area contributed by atoms with Gasteiger partial charge in [-0.3, -0.25) is 4.84 Å². The van der Waals surface area contributed by atoms with Gasteiger partial charge in [-0.2, -0.15) is 5.06 Å². The van der Waals surface area contributed by atoms with Crippen molar-refractivity contribution >= 4 is 12.4 Å². The highest BCUT2D eigenvalue weighted by Crippen LogP contribution is 2.33. The zero-order valence-electron chi connectivity index (χ0n) is 15.7. The molecule has 0 aromatic heterocycles. The molecule has 0 amide bonds. The number of hydrogen-bond acceptors (Lipinski definition) is 3. The van der Waals surface area contributed by atoms with Crippen LogP contribution in [0.3, 0.4) is 0 Å². The average molecular weight is 384 g/mol. The van der Waals surface area contributed by atoms with Crippen LogP contribution < -0.4 is 0 Å². The van der Waals surface area contributed by atoms with Gasteiger partial charge in [0.1, 0.15) is 6.23 Å². The van der Waals surface area contributed by atoms with Crippen LogP contribution in [-0.4, -0.2) is 23.0 Å². The second-order valence-electron chi connectivity index (χ2n) is 6.24. The van der Waals surface area contributed by atoms with E-state index in [-0.39, 0.29) is 12.4 Å². The number of aliphatic hydroxyl groups is 1. The molecule has 0 saturated heterocycles. The Labute approximate surface area is 167 Å². The molecular weight excluding hydrogens is 358 g/mol. The molecule has 0 aliphatic carbocycles. The maximum absolute atomic E-state index is 9.92. The molecule has 0 heterocycles. The van der Waals surface area contributed by atoms with E-state index in [2.05, 4.69) is 66.7 Å². The van der Waals surface area contributed by atoms with Gasteiger partial charge in [-0.05, 0) is 47.7 Å². The minimum atomic E-state index is -0.663. The Morgan fingerprint density at radius 2 is 1.41 bits per heavy atom. The van der Waals surface area contributed by atoms with Crippen LogP contribution in [0, 0.1) is 0 Å². The second kappa shape index (κ2) is 10.2. The Kier molecular flexibility index (Phi) is 8.01. The normalized spacial score (nSPS) is 11.9. The minimum Gasteiger partial charge on any atom is -0.377 e. The van der Waals surface area contributed by atoms with Gasteiger partial charge in [-0.15, -0.1) is 12.4 Å². The molecule has 0 aliphatic rings. The first-order chi connectivity index (χ1) is 12.7. The Hall–Kier alpha value is -2.17. The van der Waals surface area contributed by atoms with E-state index < -0.39 is 6.23 Å². The van der Waals surface area contributed by atoms with Crippen molar-refractivity contribution in [3.05, 3.63) is 84.4 Å². The molecule has 0 fully saturated rings. The zero-order chi connectivity index (χ0) is 18.4. The molecule has 142 valence electrons. The van der Waals surface area contributed by atoms with Crippen molar-refractivity contribution in [2.24, 2.45) is 0 Å². The van der Waals surface area contributed by atoms with E-state index in [0.717, 1.165) is 5.56 Å². The molecule has 0 bridgehead atoms. The number of hydrogen-bond donors (Lipinski definition) is 1. The van der Waals surface area contributed by atoms with E-state index in [4.69, 9.17) is 4.84 Å². The molecule has 4 heteroatoms. The summed E-state index contributed by atoms with van der Waals surface area (Å²) in [5.41, 5.74) is 5.83. The SMILES string of the molecule is CCON(Cc1ccc(-c2ccccc2)c(-c2ccccc2)c1)C(C)O.Cl. The maximum atomic E-state index is 9.92. The minimum absolute atomic E-state index is 0. The fourth-order valence-electron chi connectivity index (χ4n) is 3.05. The Morgan fingerprint density at radius 3 is 1.93 bits per heavy atom. The van der Waals surface area contributed by atoms with Gasteiger partial charge in [-0.25, -0.2) is 0 Å². The Balaban J connectivity index is 0.00000261. The molecule has 1 atom stereocenters. The van der Waals surface area contributed by atoms with Crippen molar-refractivity contribution in [1.82, 2.24) is 5.06 Å². The van der Waals surface area contributed by atoms with Crippen LogP contribution in [0.5, 0.6) is 0 Å². The largest absolute Gasteiger partial charge is 0.377 e. The topological polar surface area (TPSA) is 32.7 Å². The van der Waals surface area contributed by atoms with Crippen LogP contribution >= 0.6 is 12.4 Å². The first kappa shape index (κ1) is 21.1. The molecule has 0 aliphatic heterocycles. The summed E-state index contributed by atoms with van der Waals surface area (Å²) < 4.78 is 0. The molecule has 3 rings (SSSR count). The molecule has 27 heavy (non-hydrogen) atoms. The summed E-state index contributed by atoms with van der Waals surface area (Å²) in [5.74, 6) is 0. The summed E-state index contributed by atoms with van der Waals surface area (Å²) in [5, 5.41) is 11.5. The number of halogens is 1. The number of rotatable bonds is 7. The Morgan fingerprint density at radius 1 is 0.852 bits per heavy atom. The van der Waals surface area contributed by atoms with Crippen LogP contribution in [-0.2, 0) is 11.4 Å². The van der Waals surface area contributed by atoms with Gasteiger partial charge in [0.2, 0.25) is 0 Å². The van der Waals surface area contributed by atoms with E-state index in [9.17, 15) is 5.11 Å². The lowest BCUT2D eigenvalue weighted by Gasteiger charge is -2.24. The van der Waals surface area contributed by atoms with Crippen molar-refractivity contribution in [2.45, 2.75) is 26.6 Å². The van der Waals surface area contributed by atoms with Gasteiger partial charge in [-0.1, -0.05) is 72.8 Å². The van der Waals surface area contributed by atoms with Crippen LogP contribution in [0.1, 0.15) is 19.4 Å². The van der Waals surface area contributed by atoms with Crippen molar-refractivity contribution in [3.63, 3.8) is 0 Å². The van der Waals surface area contributed by atoms with Crippen molar-refractivity contribution in [1.29, 1.82) is 0 Å². The summed E-state index contributed by atoms with van der Waals surface area (Å²) in [4.78, 5) is 5.55. The highest BCUT2D eigenvalue weighted by molar-refractivity contribution is 5.85. The molecule has 3 nitrogen and oxygen atoms in total. The third kappa shape index (κ3) is 5.41. The number of nitrogens with zero attached hydrogens (tertiary/aromatic N) is 1. The van der Waals surface area contributed by atoms with Crippen LogP contribution in [0.25, 0.3) is 22.3 Å². The fraction of sp³-hybridized carbons (Fsp3) is 0.217.